The molecule has 6 heterocycles. The molecular weight excluding hydrogens is 2220 g/mol. The fourth-order valence-corrected chi connectivity index (χ4v) is 24.6. The zero-order valence-corrected chi connectivity index (χ0v) is 86.0. The molecule has 8 spiro atoms. The second-order valence-electron chi connectivity index (χ2n) is 35.4. The molecule has 4 aromatic carbocycles. The molecule has 27 nitrogen and oxygen atoms in total. The van der Waals surface area contributed by atoms with Gasteiger partial charge in [-0.2, -0.15) is 61.1 Å². The molecule has 139 heavy (non-hydrogen) atoms. The summed E-state index contributed by atoms with van der Waals surface area (Å²) in [6, 6.07) is 25.4. The quantitative estimate of drug-likeness (QED) is 0.0141. The minimum atomic E-state index is -5.35. The highest BCUT2D eigenvalue weighted by atomic mass is 127. The molecule has 6 aromatic rings. The summed E-state index contributed by atoms with van der Waals surface area (Å²) in [6.45, 7) is -1.73. The van der Waals surface area contributed by atoms with E-state index in [1.807, 2.05) is 49.4 Å². The summed E-state index contributed by atoms with van der Waals surface area (Å²) < 4.78 is 227. The number of halogens is 18. The second kappa shape index (κ2) is 44.4. The number of aliphatic imine (C=N–C) groups is 3. The fraction of sp³-hybridized carbons (Fsp3) is 0.533. The van der Waals surface area contributed by atoms with Crippen molar-refractivity contribution < 1.29 is 122 Å². The van der Waals surface area contributed by atoms with E-state index in [0.717, 1.165) is 129 Å². The van der Waals surface area contributed by atoms with Crippen molar-refractivity contribution in [2.45, 2.75) is 213 Å². The van der Waals surface area contributed by atoms with Gasteiger partial charge in [-0.1, -0.05) is 96.8 Å². The Labute approximate surface area is 846 Å². The number of nitrogens with two attached hydrogens (primary N) is 3. The lowest BCUT2D eigenvalue weighted by atomic mass is 9.61. The minimum Gasteiger partial charge on any atom is -0.423 e. The van der Waals surface area contributed by atoms with Crippen LogP contribution >= 0.6 is 95.7 Å². The first-order valence-corrected chi connectivity index (χ1v) is 49.0. The van der Waals surface area contributed by atoms with Gasteiger partial charge in [-0.3, -0.25) is 48.0 Å². The zero-order valence-electron chi connectivity index (χ0n) is 76.4. The Balaban J connectivity index is 0.000000178. The number of thioether (sulfide) groups is 1. The Morgan fingerprint density at radius 2 is 0.849 bits per heavy atom. The Kier molecular flexibility index (Phi) is 36.3. The van der Waals surface area contributed by atoms with Gasteiger partial charge in [0.25, 0.3) is 23.6 Å². The maximum Gasteiger partial charge on any atom is 0.523 e. The number of methoxy groups -OCH3 is 4. The third-order valence-electron chi connectivity index (χ3n) is 28.1. The molecule has 4 unspecified atom stereocenters. The van der Waals surface area contributed by atoms with E-state index in [0.29, 0.717) is 120 Å². The highest BCUT2D eigenvalue weighted by Crippen LogP contribution is 2.67. The predicted octanol–water partition coefficient (Wildman–Crippen LogP) is 15.6. The van der Waals surface area contributed by atoms with Gasteiger partial charge < -0.3 is 63.0 Å². The molecule has 2 aromatic heterocycles. The van der Waals surface area contributed by atoms with Crippen LogP contribution < -0.4 is 39.4 Å². The largest absolute Gasteiger partial charge is 0.523 e. The summed E-state index contributed by atoms with van der Waals surface area (Å²) in [5, 5.41) is 23.8. The molecule has 8 aliphatic carbocycles. The molecular formula is C90H107BBr3F14IN14O13S3. The van der Waals surface area contributed by atoms with Crippen LogP contribution in [0.25, 0.3) is 11.1 Å². The number of amides is 4. The van der Waals surface area contributed by atoms with Crippen molar-refractivity contribution in [3.05, 3.63) is 179 Å². The molecule has 18 rings (SSSR count). The Bertz CT molecular complexity index is 5720. The number of fused-ring (bicyclic) bond motifs is 12. The number of rotatable bonds is 12. The topological polar surface area (TPSA) is 399 Å². The molecule has 5 fully saturated rings. The van der Waals surface area contributed by atoms with Crippen LogP contribution in [0.4, 0.5) is 61.5 Å². The van der Waals surface area contributed by atoms with E-state index in [4.69, 9.17) is 57.7 Å². The number of nitrogens with one attached hydrogen (secondary N) is 2. The molecule has 4 atom stereocenters. The van der Waals surface area contributed by atoms with Crippen LogP contribution in [-0.4, -0.2) is 212 Å². The summed E-state index contributed by atoms with van der Waals surface area (Å²) >= 11 is 16.9. The molecule has 0 bridgehead atoms. The number of amidine groups is 1. The molecule has 0 radical (unpaired) electrons. The molecule has 762 valence electrons. The Morgan fingerprint density at radius 3 is 1.19 bits per heavy atom. The smallest absolute Gasteiger partial charge is 0.423 e. The molecule has 13 N–H and O–H groups in total. The molecule has 4 saturated carbocycles. The van der Waals surface area contributed by atoms with Crippen molar-refractivity contribution in [3.8, 4) is 11.1 Å². The molecule has 4 amide bonds. The SMILES string of the molecule is CCOS(=O)(=O)C(F)(F)F.CCSC1=NC2(C(=O)N1CC(F)(F)F)c1cc(Br)ccc1CC21CCC(OC)CC1.CN.COC1CCC2(CC1)Cc1ccc(-c3cncc(F)c3)cc1C21N=C(N)N(CC(F)(F)F)C1=O.COC1CCC2(CC1)Cc1ccc(Br)cc1C21N=C(N)N(CC(F)(F)F)C1=O.COC1CCC2(CC1)Cc1ccc(Br)cc1C21NC(=S)NC1=O.I.N.OB(O)c1cncc(F)c1. The fourth-order valence-electron chi connectivity index (χ4n) is 22.0. The maximum absolute atomic E-state index is 13.8. The number of guanidine groups is 2. The molecule has 49 heteroatoms. The van der Waals surface area contributed by atoms with E-state index in [-0.39, 0.29) is 76.4 Å². The minimum absolute atomic E-state index is 0. The van der Waals surface area contributed by atoms with E-state index in [1.165, 1.54) is 42.8 Å². The Morgan fingerprint density at radius 1 is 0.504 bits per heavy atom. The maximum atomic E-state index is 13.8. The van der Waals surface area contributed by atoms with Crippen molar-refractivity contribution in [2.75, 3.05) is 67.5 Å². The number of hydrogen-bond acceptors (Lipinski definition) is 24. The van der Waals surface area contributed by atoms with Crippen molar-refractivity contribution >= 4 is 164 Å². The normalized spacial score (nSPS) is 27.8. The number of benzene rings is 4. The van der Waals surface area contributed by atoms with Crippen LogP contribution in [0.3, 0.4) is 0 Å². The van der Waals surface area contributed by atoms with Crippen LogP contribution in [-0.2, 0) is 100 Å². The highest BCUT2D eigenvalue weighted by Gasteiger charge is 2.72. The number of nitrogens with zero attached hydrogens (tertiary/aromatic N) is 8. The lowest BCUT2D eigenvalue weighted by Gasteiger charge is -2.46. The predicted molar refractivity (Wildman–Crippen MR) is 518 cm³/mol. The van der Waals surface area contributed by atoms with Gasteiger partial charge >= 0.3 is 41.3 Å². The van der Waals surface area contributed by atoms with Gasteiger partial charge in [0.15, 0.2) is 44.4 Å². The third kappa shape index (κ3) is 22.3. The van der Waals surface area contributed by atoms with Crippen LogP contribution in [0.5, 0.6) is 0 Å². The summed E-state index contributed by atoms with van der Waals surface area (Å²) in [6.07, 6.45) is 6.21. The molecule has 12 aliphatic rings. The van der Waals surface area contributed by atoms with Gasteiger partial charge in [0.1, 0.15) is 31.3 Å². The first-order chi connectivity index (χ1) is 64.4. The lowest BCUT2D eigenvalue weighted by Crippen LogP contribution is -2.56. The summed E-state index contributed by atoms with van der Waals surface area (Å²) in [4.78, 5) is 77.4. The van der Waals surface area contributed by atoms with Crippen molar-refractivity contribution in [1.29, 1.82) is 0 Å². The van der Waals surface area contributed by atoms with Gasteiger partial charge in [0.2, 0.25) is 0 Å². The van der Waals surface area contributed by atoms with Crippen LogP contribution in [0.1, 0.15) is 161 Å². The van der Waals surface area contributed by atoms with Crippen molar-refractivity contribution in [3.63, 3.8) is 0 Å². The van der Waals surface area contributed by atoms with E-state index in [2.05, 4.69) is 106 Å². The number of thiocarbonyl (C=S) groups is 1. The number of carbonyl (C=O) groups is 4. The second-order valence-corrected chi connectivity index (χ2v) is 41.4. The summed E-state index contributed by atoms with van der Waals surface area (Å²) in [5.74, 6) is -3.31. The number of ether oxygens (including phenoxy) is 4. The number of pyridine rings is 2. The van der Waals surface area contributed by atoms with Gasteiger partial charge in [0.05, 0.1) is 43.4 Å². The van der Waals surface area contributed by atoms with Gasteiger partial charge in [-0.05, 0) is 265 Å². The van der Waals surface area contributed by atoms with E-state index in [9.17, 15) is 89.1 Å². The van der Waals surface area contributed by atoms with Gasteiger partial charge in [-0.15, -0.1) is 24.0 Å². The van der Waals surface area contributed by atoms with E-state index < -0.39 is 141 Å². The standard InChI is InChI=1S/C24H24F4N4O2.C21H24BrF3N2O2S.C19H21BrF3N3O2.C17H19BrN2O2S.C5H5BFNO2.C3H5F3O3S.CH5N.HI.H3N/c1-34-18-4-6-22(7-5-18)10-15-3-2-14(16-8-17(25)12-30-11-16)9-19(15)24(22)20(33)32(21(29)31-24)13-23(26,27)28;1-3-30-18-26-21(17(28)27(18)12-20(23,24)25)16-10-14(22)5-4-13(16)11-19(21)8-6-15(29-2)7-9-19;1-28-13-4-6-17(7-5-13)9-11-2-3-12(20)8-14(11)19(17)15(27)26(16(24)25-19)10-18(21,22)23;1-22-12-4-6-16(7-5-12)9-10-2-3-11(18)8-13(10)17(16)14(21)19-15(23)20-17;7-5-1-4(6(9)10)2-8-3-5;1-2-9-10(7,8)3(4,5)6;1-2;;/h2-3,8-9,11-12,18H,4-7,10,13H2,1H3,(H2,29,31);4-5,10,15H,3,6-9,11-12H2,1-2H3;2-3,8,13H,4-7,9-10H2,1H3,(H2,24,25);2-3,8,12H,4-7,9H2,1H3,(H2,19,20,21,23);1-3,9-10H;2H2,1H3;2H2,1H3;1H;1H3. The van der Waals surface area contributed by atoms with Gasteiger partial charge in [0, 0.05) is 86.9 Å². The molecule has 4 aliphatic heterocycles. The number of aromatic nitrogens is 2. The summed E-state index contributed by atoms with van der Waals surface area (Å²) in [7, 11) is 1.24. The van der Waals surface area contributed by atoms with Gasteiger partial charge in [-0.25, -0.2) is 23.8 Å². The average molecular weight is 2330 g/mol. The lowest BCUT2D eigenvalue weighted by molar-refractivity contribution is -0.158. The first-order valence-electron chi connectivity index (χ1n) is 43.8. The first kappa shape index (κ1) is 114. The molecule has 1 saturated heterocycles. The third-order valence-corrected chi connectivity index (χ3v) is 31.7. The Hall–Kier alpha value is -7.25. The average Bonchev–Trinajstić information content (AvgIpc) is 1.53. The van der Waals surface area contributed by atoms with Crippen molar-refractivity contribution in [1.82, 2.24) is 41.5 Å². The number of hydrogen-bond donors (Lipinski definition) is 8. The number of alkyl halides is 12. The highest BCUT2D eigenvalue weighted by molar-refractivity contribution is 14.0. The van der Waals surface area contributed by atoms with Crippen LogP contribution in [0.15, 0.2) is 138 Å². The van der Waals surface area contributed by atoms with Crippen LogP contribution in [0, 0.1) is 33.3 Å². The van der Waals surface area contributed by atoms with E-state index in [1.54, 1.807) is 40.6 Å². The monoisotopic (exact) mass is 2330 g/mol. The van der Waals surface area contributed by atoms with Crippen molar-refractivity contribution in [2.24, 2.45) is 53.8 Å². The van der Waals surface area contributed by atoms with E-state index >= 15 is 0 Å². The zero-order chi connectivity index (χ0) is 101. The van der Waals surface area contributed by atoms with Crippen LogP contribution in [0.2, 0.25) is 0 Å². The number of carbonyl (C=O) groups excluding carboxylic acids is 4. The summed E-state index contributed by atoms with van der Waals surface area (Å²) in [5.41, 5.74) is 12.3.